The van der Waals surface area contributed by atoms with Crippen LogP contribution in [-0.4, -0.2) is 16.2 Å². The molecule has 2 N–H and O–H groups in total. The second-order valence-electron chi connectivity index (χ2n) is 5.10. The van der Waals surface area contributed by atoms with E-state index in [1.54, 1.807) is 0 Å². The number of carboxylic acids is 1. The first-order valence-corrected chi connectivity index (χ1v) is 6.69. The normalized spacial score (nSPS) is 12.9. The average Bonchev–Trinajstić information content (AvgIpc) is 2.52. The van der Waals surface area contributed by atoms with Crippen molar-refractivity contribution >= 4 is 5.97 Å². The van der Waals surface area contributed by atoms with Crippen LogP contribution in [-0.2, 0) is 22.7 Å². The number of benzene rings is 2. The lowest BCUT2D eigenvalue weighted by Crippen LogP contribution is -2.40. The zero-order valence-corrected chi connectivity index (χ0v) is 12.2. The molecule has 2 rings (SSSR count). The minimum Gasteiger partial charge on any atom is -0.479 e. The fourth-order valence-electron chi connectivity index (χ4n) is 2.47. The first kappa shape index (κ1) is 18.8. The van der Waals surface area contributed by atoms with Crippen molar-refractivity contribution in [1.82, 2.24) is 0 Å². The molecule has 0 fully saturated rings. The van der Waals surface area contributed by atoms with E-state index in [1.807, 2.05) is 0 Å². The highest BCUT2D eigenvalue weighted by Gasteiger charge is 2.50. The molecule has 0 spiro atoms. The smallest absolute Gasteiger partial charge is 0.416 e. The van der Waals surface area contributed by atoms with E-state index in [0.717, 1.165) is 24.3 Å². The monoisotopic (exact) mass is 364 g/mol. The van der Waals surface area contributed by atoms with Gasteiger partial charge in [0.2, 0.25) is 5.60 Å². The van der Waals surface area contributed by atoms with Crippen LogP contribution in [0.5, 0.6) is 0 Å². The van der Waals surface area contributed by atoms with Crippen LogP contribution in [0.25, 0.3) is 0 Å². The Morgan fingerprint density at radius 1 is 0.680 bits per heavy atom. The summed E-state index contributed by atoms with van der Waals surface area (Å²) in [5.74, 6) is -2.26. The largest absolute Gasteiger partial charge is 0.479 e. The second-order valence-corrected chi connectivity index (χ2v) is 5.10. The predicted octanol–water partition coefficient (Wildman–Crippen LogP) is 4.04. The molecule has 3 nitrogen and oxygen atoms in total. The Morgan fingerprint density at radius 3 is 1.20 bits per heavy atom. The van der Waals surface area contributed by atoms with Gasteiger partial charge >= 0.3 is 18.3 Å². The molecule has 0 aliphatic rings. The summed E-state index contributed by atoms with van der Waals surface area (Å²) < 4.78 is 79.0. The van der Waals surface area contributed by atoms with Crippen molar-refractivity contribution in [3.63, 3.8) is 0 Å². The van der Waals surface area contributed by atoms with Crippen LogP contribution in [0.15, 0.2) is 48.5 Å². The third kappa shape index (κ3) is 3.32. The Labute approximate surface area is 137 Å². The van der Waals surface area contributed by atoms with E-state index in [0.29, 0.717) is 24.3 Å². The van der Waals surface area contributed by atoms with E-state index in [2.05, 4.69) is 0 Å². The summed E-state index contributed by atoms with van der Waals surface area (Å²) in [5, 5.41) is 19.9. The van der Waals surface area contributed by atoms with Gasteiger partial charge in [0.1, 0.15) is 0 Å². The maximum atomic E-state index is 13.2. The van der Waals surface area contributed by atoms with Crippen LogP contribution in [0.2, 0.25) is 0 Å². The number of hydrogen-bond donors (Lipinski definition) is 2. The highest BCUT2D eigenvalue weighted by molar-refractivity contribution is 5.85. The molecule has 2 aromatic carbocycles. The summed E-state index contributed by atoms with van der Waals surface area (Å²) in [7, 11) is 0. The summed E-state index contributed by atoms with van der Waals surface area (Å²) in [6.07, 6.45) is -10.2. The minimum atomic E-state index is -5.08. The molecular weight excluding hydrogens is 354 g/mol. The zero-order chi connectivity index (χ0) is 19.0. The lowest BCUT2D eigenvalue weighted by Gasteiger charge is -2.29. The quantitative estimate of drug-likeness (QED) is 0.808. The Bertz CT molecular complexity index is 737. The van der Waals surface area contributed by atoms with Crippen molar-refractivity contribution in [3.8, 4) is 0 Å². The van der Waals surface area contributed by atoms with Crippen LogP contribution < -0.4 is 0 Å². The summed E-state index contributed by atoms with van der Waals surface area (Å²) in [6, 6.07) is 6.09. The molecule has 0 heterocycles. The summed E-state index contributed by atoms with van der Waals surface area (Å²) >= 11 is 0. The first-order valence-electron chi connectivity index (χ1n) is 6.69. The average molecular weight is 364 g/mol. The van der Waals surface area contributed by atoms with Gasteiger partial charge in [-0.05, 0) is 12.1 Å². The Kier molecular flexibility index (Phi) is 4.56. The number of halogens is 6. The van der Waals surface area contributed by atoms with Gasteiger partial charge in [0.15, 0.2) is 0 Å². The van der Waals surface area contributed by atoms with Crippen LogP contribution >= 0.6 is 0 Å². The van der Waals surface area contributed by atoms with Crippen molar-refractivity contribution in [2.75, 3.05) is 0 Å². The van der Waals surface area contributed by atoms with Gasteiger partial charge in [-0.1, -0.05) is 36.4 Å². The third-order valence-corrected chi connectivity index (χ3v) is 3.55. The Balaban J connectivity index is 2.87. The van der Waals surface area contributed by atoms with E-state index in [-0.39, 0.29) is 0 Å². The molecule has 0 atom stereocenters. The van der Waals surface area contributed by atoms with E-state index >= 15 is 0 Å². The number of aliphatic hydroxyl groups is 1. The van der Waals surface area contributed by atoms with Gasteiger partial charge in [-0.15, -0.1) is 0 Å². The molecule has 0 aliphatic carbocycles. The van der Waals surface area contributed by atoms with Gasteiger partial charge in [0.05, 0.1) is 11.1 Å². The number of aliphatic carboxylic acids is 1. The number of carbonyl (C=O) groups is 1. The van der Waals surface area contributed by atoms with Gasteiger partial charge in [-0.2, -0.15) is 26.3 Å². The van der Waals surface area contributed by atoms with Crippen molar-refractivity contribution in [3.05, 3.63) is 70.8 Å². The van der Waals surface area contributed by atoms with E-state index in [9.17, 15) is 41.4 Å². The van der Waals surface area contributed by atoms with E-state index in [1.165, 1.54) is 0 Å². The topological polar surface area (TPSA) is 57.5 Å². The molecule has 0 bridgehead atoms. The summed E-state index contributed by atoms with van der Waals surface area (Å²) in [5.41, 5.74) is -9.04. The molecule has 25 heavy (non-hydrogen) atoms. The predicted molar refractivity (Wildman–Crippen MR) is 73.5 cm³/mol. The fraction of sp³-hybridized carbons (Fsp3) is 0.188. The van der Waals surface area contributed by atoms with Gasteiger partial charge in [-0.3, -0.25) is 0 Å². The van der Waals surface area contributed by atoms with Crippen molar-refractivity contribution < 1.29 is 41.4 Å². The molecular formula is C16H10F6O3. The SMILES string of the molecule is O=C(O)C(O)(c1ccccc1C(F)(F)F)c1ccccc1C(F)(F)F. The number of rotatable bonds is 3. The second kappa shape index (κ2) is 6.07. The molecule has 0 amide bonds. The Morgan fingerprint density at radius 2 is 0.960 bits per heavy atom. The fourth-order valence-corrected chi connectivity index (χ4v) is 2.47. The molecule has 2 aromatic rings. The number of carboxylic acid groups (broad SMARTS) is 1. The molecule has 0 saturated heterocycles. The molecule has 0 unspecified atom stereocenters. The van der Waals surface area contributed by atoms with Gasteiger partial charge in [0.25, 0.3) is 0 Å². The highest BCUT2D eigenvalue weighted by Crippen LogP contribution is 2.43. The van der Waals surface area contributed by atoms with Gasteiger partial charge in [-0.25, -0.2) is 4.79 Å². The Hall–Kier alpha value is -2.55. The molecule has 9 heteroatoms. The van der Waals surface area contributed by atoms with Crippen LogP contribution in [0.4, 0.5) is 26.3 Å². The third-order valence-electron chi connectivity index (χ3n) is 3.55. The summed E-state index contributed by atoms with van der Waals surface area (Å²) in [4.78, 5) is 11.6. The lowest BCUT2D eigenvalue weighted by atomic mass is 9.81. The molecule has 0 aliphatic heterocycles. The number of hydrogen-bond acceptors (Lipinski definition) is 2. The van der Waals surface area contributed by atoms with E-state index in [4.69, 9.17) is 0 Å². The summed E-state index contributed by atoms with van der Waals surface area (Å²) in [6.45, 7) is 0. The molecule has 134 valence electrons. The standard InChI is InChI=1S/C16H10F6O3/c17-15(18,19)11-7-3-1-5-9(11)14(25,13(23)24)10-6-2-4-8-12(10)16(20,21)22/h1-8,25H,(H,23,24). The van der Waals surface area contributed by atoms with Crippen molar-refractivity contribution in [2.45, 2.75) is 18.0 Å². The minimum absolute atomic E-state index is 0.486. The molecule has 0 radical (unpaired) electrons. The first-order chi connectivity index (χ1) is 11.4. The van der Waals surface area contributed by atoms with Crippen LogP contribution in [0.1, 0.15) is 22.3 Å². The van der Waals surface area contributed by atoms with Crippen LogP contribution in [0.3, 0.4) is 0 Å². The van der Waals surface area contributed by atoms with E-state index < -0.39 is 46.2 Å². The lowest BCUT2D eigenvalue weighted by molar-refractivity contribution is -0.159. The molecule has 0 saturated carbocycles. The van der Waals surface area contributed by atoms with Gasteiger partial charge in [0, 0.05) is 11.1 Å². The molecule has 0 aromatic heterocycles. The highest BCUT2D eigenvalue weighted by atomic mass is 19.4. The maximum Gasteiger partial charge on any atom is 0.416 e. The van der Waals surface area contributed by atoms with Gasteiger partial charge < -0.3 is 10.2 Å². The maximum absolute atomic E-state index is 13.2. The number of alkyl halides is 6. The van der Waals surface area contributed by atoms with Crippen molar-refractivity contribution in [2.24, 2.45) is 0 Å². The zero-order valence-electron chi connectivity index (χ0n) is 12.2. The van der Waals surface area contributed by atoms with Crippen LogP contribution in [0, 0.1) is 0 Å². The van der Waals surface area contributed by atoms with Crippen molar-refractivity contribution in [1.29, 1.82) is 0 Å².